The van der Waals surface area contributed by atoms with Gasteiger partial charge in [0.1, 0.15) is 23.9 Å². The van der Waals surface area contributed by atoms with Gasteiger partial charge in [-0.1, -0.05) is 5.16 Å². The molecule has 1 aliphatic rings. The van der Waals surface area contributed by atoms with E-state index >= 15 is 0 Å². The van der Waals surface area contributed by atoms with Gasteiger partial charge < -0.3 is 19.3 Å². The number of aromatic nitrogens is 1. The molecule has 0 bridgehead atoms. The van der Waals surface area contributed by atoms with E-state index in [2.05, 4.69) is 10.5 Å². The molecule has 128 valence electrons. The van der Waals surface area contributed by atoms with Crippen LogP contribution in [-0.2, 0) is 11.3 Å². The molecule has 1 saturated heterocycles. The van der Waals surface area contributed by atoms with Gasteiger partial charge in [0.2, 0.25) is 0 Å². The molecule has 0 radical (unpaired) electrons. The molecule has 1 aromatic heterocycles. The quantitative estimate of drug-likeness (QED) is 0.879. The first kappa shape index (κ1) is 16.4. The van der Waals surface area contributed by atoms with Crippen LogP contribution < -0.4 is 10.1 Å². The smallest absolute Gasteiger partial charge is 0.273 e. The van der Waals surface area contributed by atoms with Crippen LogP contribution >= 0.6 is 0 Å². The molecule has 0 spiro atoms. The van der Waals surface area contributed by atoms with E-state index in [9.17, 15) is 9.18 Å². The molecule has 1 amide bonds. The minimum absolute atomic E-state index is 0.0564. The number of hydrogen-bond donors (Lipinski definition) is 1. The van der Waals surface area contributed by atoms with Gasteiger partial charge in [0, 0.05) is 13.2 Å². The third-order valence-electron chi connectivity index (χ3n) is 3.91. The molecular weight excluding hydrogens is 315 g/mol. The fourth-order valence-corrected chi connectivity index (χ4v) is 2.52. The molecule has 6 nitrogen and oxygen atoms in total. The van der Waals surface area contributed by atoms with Gasteiger partial charge in [0.05, 0.1) is 11.7 Å². The first-order chi connectivity index (χ1) is 11.6. The summed E-state index contributed by atoms with van der Waals surface area (Å²) in [6, 6.07) is 5.67. The van der Waals surface area contributed by atoms with E-state index in [1.54, 1.807) is 6.92 Å². The van der Waals surface area contributed by atoms with Crippen molar-refractivity contribution in [3.05, 3.63) is 47.1 Å². The molecule has 2 heterocycles. The molecule has 1 aliphatic heterocycles. The second-order valence-corrected chi connectivity index (χ2v) is 5.65. The van der Waals surface area contributed by atoms with Gasteiger partial charge >= 0.3 is 0 Å². The van der Waals surface area contributed by atoms with Crippen LogP contribution in [-0.4, -0.2) is 30.3 Å². The zero-order valence-electron chi connectivity index (χ0n) is 13.4. The Bertz CT molecular complexity index is 693. The van der Waals surface area contributed by atoms with Crippen molar-refractivity contribution in [1.82, 2.24) is 10.5 Å². The fraction of sp³-hybridized carbons (Fsp3) is 0.412. The Balaban J connectivity index is 1.61. The lowest BCUT2D eigenvalue weighted by Crippen LogP contribution is -2.32. The number of hydrogen-bond acceptors (Lipinski definition) is 5. The van der Waals surface area contributed by atoms with Crippen molar-refractivity contribution < 1.29 is 23.2 Å². The third-order valence-corrected chi connectivity index (χ3v) is 3.91. The molecule has 1 N–H and O–H groups in total. The van der Waals surface area contributed by atoms with Crippen LogP contribution in [0.15, 0.2) is 28.8 Å². The molecule has 24 heavy (non-hydrogen) atoms. The lowest BCUT2D eigenvalue weighted by atomic mass is 10.2. The molecule has 1 fully saturated rings. The predicted molar refractivity (Wildman–Crippen MR) is 83.3 cm³/mol. The molecule has 3 rings (SSSR count). The summed E-state index contributed by atoms with van der Waals surface area (Å²) in [5.41, 5.74) is 0.775. The van der Waals surface area contributed by atoms with Crippen molar-refractivity contribution in [1.29, 1.82) is 0 Å². The first-order valence-electron chi connectivity index (χ1n) is 7.87. The van der Waals surface area contributed by atoms with Gasteiger partial charge in [-0.3, -0.25) is 4.79 Å². The monoisotopic (exact) mass is 334 g/mol. The summed E-state index contributed by atoms with van der Waals surface area (Å²) in [6.45, 7) is 3.01. The first-order valence-corrected chi connectivity index (χ1v) is 7.87. The number of aryl methyl sites for hydroxylation is 1. The summed E-state index contributed by atoms with van der Waals surface area (Å²) in [5.74, 6) is 0.361. The second-order valence-electron chi connectivity index (χ2n) is 5.65. The summed E-state index contributed by atoms with van der Waals surface area (Å²) < 4.78 is 29.1. The van der Waals surface area contributed by atoms with E-state index in [1.807, 2.05) is 0 Å². The Morgan fingerprint density at radius 1 is 1.42 bits per heavy atom. The third kappa shape index (κ3) is 3.91. The molecule has 0 aliphatic carbocycles. The Labute approximate surface area is 138 Å². The Morgan fingerprint density at radius 2 is 2.21 bits per heavy atom. The average Bonchev–Trinajstić information content (AvgIpc) is 3.22. The van der Waals surface area contributed by atoms with Crippen LogP contribution in [0, 0.1) is 12.7 Å². The largest absolute Gasteiger partial charge is 0.489 e. The summed E-state index contributed by atoms with van der Waals surface area (Å²) in [6.07, 6.45) is 2.01. The second kappa shape index (κ2) is 7.44. The van der Waals surface area contributed by atoms with Crippen LogP contribution in [0.2, 0.25) is 0 Å². The highest BCUT2D eigenvalue weighted by molar-refractivity contribution is 5.93. The molecule has 1 atom stereocenters. The lowest BCUT2D eigenvalue weighted by molar-refractivity contribution is 0.0848. The van der Waals surface area contributed by atoms with Crippen LogP contribution in [0.5, 0.6) is 5.75 Å². The summed E-state index contributed by atoms with van der Waals surface area (Å²) in [7, 11) is 0. The molecule has 7 heteroatoms. The van der Waals surface area contributed by atoms with Gasteiger partial charge in [0.15, 0.2) is 5.69 Å². The number of carbonyl (C=O) groups is 1. The topological polar surface area (TPSA) is 73.6 Å². The van der Waals surface area contributed by atoms with Gasteiger partial charge in [-0.05, 0) is 44.0 Å². The maximum absolute atomic E-state index is 12.9. The number of rotatable bonds is 6. The van der Waals surface area contributed by atoms with Crippen LogP contribution in [0.4, 0.5) is 4.39 Å². The van der Waals surface area contributed by atoms with E-state index in [0.29, 0.717) is 23.6 Å². The number of ether oxygens (including phenoxy) is 2. The van der Waals surface area contributed by atoms with Crippen molar-refractivity contribution in [2.24, 2.45) is 0 Å². The lowest BCUT2D eigenvalue weighted by Gasteiger charge is -2.10. The highest BCUT2D eigenvalue weighted by atomic mass is 19.1. The van der Waals surface area contributed by atoms with Crippen molar-refractivity contribution in [2.45, 2.75) is 32.5 Å². The zero-order chi connectivity index (χ0) is 16.9. The SMILES string of the molecule is Cc1onc(C(=O)NCC2CCCO2)c1COc1ccc(F)cc1. The normalized spacial score (nSPS) is 17.0. The number of amides is 1. The Morgan fingerprint density at radius 3 is 2.92 bits per heavy atom. The maximum atomic E-state index is 12.9. The van der Waals surface area contributed by atoms with Gasteiger partial charge in [0.25, 0.3) is 5.91 Å². The van der Waals surface area contributed by atoms with E-state index in [4.69, 9.17) is 14.0 Å². The van der Waals surface area contributed by atoms with Crippen LogP contribution in [0.1, 0.15) is 34.7 Å². The summed E-state index contributed by atoms with van der Waals surface area (Å²) in [4.78, 5) is 12.3. The fourth-order valence-electron chi connectivity index (χ4n) is 2.52. The van der Waals surface area contributed by atoms with E-state index in [0.717, 1.165) is 19.4 Å². The minimum Gasteiger partial charge on any atom is -0.489 e. The van der Waals surface area contributed by atoms with Crippen LogP contribution in [0.25, 0.3) is 0 Å². The van der Waals surface area contributed by atoms with Gasteiger partial charge in [-0.2, -0.15) is 0 Å². The maximum Gasteiger partial charge on any atom is 0.273 e. The Hall–Kier alpha value is -2.41. The number of nitrogens with zero attached hydrogens (tertiary/aromatic N) is 1. The van der Waals surface area contributed by atoms with Crippen LogP contribution in [0.3, 0.4) is 0 Å². The summed E-state index contributed by atoms with van der Waals surface area (Å²) in [5, 5.41) is 6.63. The van der Waals surface area contributed by atoms with Crippen molar-refractivity contribution in [3.8, 4) is 5.75 Å². The molecule has 0 saturated carbocycles. The molecule has 1 aromatic carbocycles. The van der Waals surface area contributed by atoms with Crippen molar-refractivity contribution >= 4 is 5.91 Å². The van der Waals surface area contributed by atoms with E-state index < -0.39 is 0 Å². The standard InChI is InChI=1S/C17H19FN2O4/c1-11-15(10-23-13-6-4-12(18)5-7-13)16(20-24-11)17(21)19-9-14-3-2-8-22-14/h4-7,14H,2-3,8-10H2,1H3,(H,19,21). The number of halogens is 1. The number of benzene rings is 1. The zero-order valence-corrected chi connectivity index (χ0v) is 13.4. The highest BCUT2D eigenvalue weighted by Crippen LogP contribution is 2.18. The predicted octanol–water partition coefficient (Wildman–Crippen LogP) is 2.61. The molecule has 2 aromatic rings. The highest BCUT2D eigenvalue weighted by Gasteiger charge is 2.22. The number of carbonyl (C=O) groups excluding carboxylic acids is 1. The molecule has 1 unspecified atom stereocenters. The van der Waals surface area contributed by atoms with Gasteiger partial charge in [-0.25, -0.2) is 4.39 Å². The Kier molecular flexibility index (Phi) is 5.10. The van der Waals surface area contributed by atoms with Crippen molar-refractivity contribution in [3.63, 3.8) is 0 Å². The van der Waals surface area contributed by atoms with Gasteiger partial charge in [-0.15, -0.1) is 0 Å². The van der Waals surface area contributed by atoms with E-state index in [-0.39, 0.29) is 30.1 Å². The minimum atomic E-state index is -0.335. The number of nitrogens with one attached hydrogen (secondary N) is 1. The van der Waals surface area contributed by atoms with E-state index in [1.165, 1.54) is 24.3 Å². The summed E-state index contributed by atoms with van der Waals surface area (Å²) >= 11 is 0. The molecular formula is C17H19FN2O4. The van der Waals surface area contributed by atoms with Crippen molar-refractivity contribution in [2.75, 3.05) is 13.2 Å². The average molecular weight is 334 g/mol.